The van der Waals surface area contributed by atoms with Gasteiger partial charge in [0.2, 0.25) is 0 Å². The first-order valence-corrected chi connectivity index (χ1v) is 4.06. The molecule has 0 spiro atoms. The van der Waals surface area contributed by atoms with Gasteiger partial charge in [-0.15, -0.1) is 0 Å². The number of carbonyl (C=O) groups excluding carboxylic acids is 1. The summed E-state index contributed by atoms with van der Waals surface area (Å²) in [5.74, 6) is -0.626. The predicted molar refractivity (Wildman–Crippen MR) is 46.1 cm³/mol. The number of aromatic nitrogens is 1. The highest BCUT2D eigenvalue weighted by Crippen LogP contribution is 2.30. The van der Waals surface area contributed by atoms with E-state index in [0.29, 0.717) is 0 Å². The number of halogens is 4. The summed E-state index contributed by atoms with van der Waals surface area (Å²) in [7, 11) is 0. The van der Waals surface area contributed by atoms with Crippen LogP contribution in [-0.4, -0.2) is 15.3 Å². The average molecular weight is 242 g/mol. The molecule has 0 aliphatic heterocycles. The van der Waals surface area contributed by atoms with Gasteiger partial charge in [0.15, 0.2) is 5.69 Å². The van der Waals surface area contributed by atoms with E-state index >= 15 is 0 Å². The standard InChI is InChI=1S/C7H3Cl2F2NO2/c8-2-1-3(13)5(6(9)14)12-4(2)7(10)11/h1,7,13H. The highest BCUT2D eigenvalue weighted by Gasteiger charge is 2.20. The third-order valence-corrected chi connectivity index (χ3v) is 1.86. The first-order valence-electron chi connectivity index (χ1n) is 3.31. The summed E-state index contributed by atoms with van der Waals surface area (Å²) in [6, 6.07) is 0.797. The van der Waals surface area contributed by atoms with Crippen molar-refractivity contribution in [1.82, 2.24) is 4.98 Å². The van der Waals surface area contributed by atoms with Gasteiger partial charge in [-0.1, -0.05) is 11.6 Å². The first-order chi connectivity index (χ1) is 6.43. The monoisotopic (exact) mass is 241 g/mol. The molecule has 0 fully saturated rings. The lowest BCUT2D eigenvalue weighted by Gasteiger charge is -2.04. The second-order valence-corrected chi connectivity index (χ2v) is 3.05. The van der Waals surface area contributed by atoms with Gasteiger partial charge in [-0.3, -0.25) is 4.79 Å². The van der Waals surface area contributed by atoms with Gasteiger partial charge in [0.1, 0.15) is 11.4 Å². The maximum absolute atomic E-state index is 12.2. The summed E-state index contributed by atoms with van der Waals surface area (Å²) in [6.07, 6.45) is -2.93. The molecule has 1 aromatic heterocycles. The molecule has 0 saturated carbocycles. The number of nitrogens with zero attached hydrogens (tertiary/aromatic N) is 1. The Balaban J connectivity index is 3.34. The van der Waals surface area contributed by atoms with E-state index in [1.165, 1.54) is 0 Å². The van der Waals surface area contributed by atoms with Gasteiger partial charge in [0, 0.05) is 6.07 Å². The van der Waals surface area contributed by atoms with Crippen molar-refractivity contribution in [3.63, 3.8) is 0 Å². The van der Waals surface area contributed by atoms with Gasteiger partial charge in [0.25, 0.3) is 11.7 Å². The van der Waals surface area contributed by atoms with Crippen LogP contribution < -0.4 is 0 Å². The Labute approximate surface area is 87.3 Å². The molecule has 1 rings (SSSR count). The zero-order chi connectivity index (χ0) is 10.9. The van der Waals surface area contributed by atoms with E-state index in [1.807, 2.05) is 0 Å². The minimum absolute atomic E-state index is 0.417. The Bertz CT molecular complexity index is 384. The van der Waals surface area contributed by atoms with E-state index in [4.69, 9.17) is 28.3 Å². The van der Waals surface area contributed by atoms with Crippen LogP contribution in [0.25, 0.3) is 0 Å². The molecular weight excluding hydrogens is 239 g/mol. The normalized spacial score (nSPS) is 10.6. The average Bonchev–Trinajstić information content (AvgIpc) is 2.02. The number of pyridine rings is 1. The summed E-state index contributed by atoms with van der Waals surface area (Å²) >= 11 is 10.3. The lowest BCUT2D eigenvalue weighted by atomic mass is 10.3. The fraction of sp³-hybridized carbons (Fsp3) is 0.143. The third-order valence-electron chi connectivity index (χ3n) is 1.38. The molecule has 0 unspecified atom stereocenters. The van der Waals surface area contributed by atoms with E-state index < -0.39 is 33.8 Å². The van der Waals surface area contributed by atoms with Crippen molar-refractivity contribution in [2.24, 2.45) is 0 Å². The minimum Gasteiger partial charge on any atom is -0.505 e. The molecular formula is C7H3Cl2F2NO2. The molecule has 0 amide bonds. The highest BCUT2D eigenvalue weighted by molar-refractivity contribution is 6.67. The molecule has 14 heavy (non-hydrogen) atoms. The summed E-state index contributed by atoms with van der Waals surface area (Å²) in [6.45, 7) is 0. The Hall–Kier alpha value is -0.940. The minimum atomic E-state index is -2.93. The van der Waals surface area contributed by atoms with Crippen LogP contribution >= 0.6 is 23.2 Å². The molecule has 0 aliphatic carbocycles. The molecule has 0 aromatic carbocycles. The Morgan fingerprint density at radius 2 is 2.14 bits per heavy atom. The van der Waals surface area contributed by atoms with Gasteiger partial charge in [-0.25, -0.2) is 13.8 Å². The molecule has 0 bridgehead atoms. The van der Waals surface area contributed by atoms with Gasteiger partial charge in [0.05, 0.1) is 5.02 Å². The van der Waals surface area contributed by atoms with Crippen LogP contribution in [0.1, 0.15) is 22.6 Å². The van der Waals surface area contributed by atoms with Crippen LogP contribution in [0.3, 0.4) is 0 Å². The quantitative estimate of drug-likeness (QED) is 0.811. The van der Waals surface area contributed by atoms with E-state index in [1.54, 1.807) is 0 Å². The van der Waals surface area contributed by atoms with Crippen LogP contribution in [0.4, 0.5) is 8.78 Å². The van der Waals surface area contributed by atoms with Crippen molar-refractivity contribution >= 4 is 28.4 Å². The molecule has 1 heterocycles. The van der Waals surface area contributed by atoms with Gasteiger partial charge in [-0.05, 0) is 11.6 Å². The van der Waals surface area contributed by atoms with Crippen LogP contribution in [0.2, 0.25) is 5.02 Å². The smallest absolute Gasteiger partial charge is 0.281 e. The molecule has 3 nitrogen and oxygen atoms in total. The van der Waals surface area contributed by atoms with Crippen molar-refractivity contribution in [2.75, 3.05) is 0 Å². The van der Waals surface area contributed by atoms with Gasteiger partial charge < -0.3 is 5.11 Å². The van der Waals surface area contributed by atoms with Crippen LogP contribution in [0.15, 0.2) is 6.07 Å². The van der Waals surface area contributed by atoms with Crippen molar-refractivity contribution < 1.29 is 18.7 Å². The van der Waals surface area contributed by atoms with E-state index in [-0.39, 0.29) is 0 Å². The SMILES string of the molecule is O=C(Cl)c1nc(C(F)F)c(Cl)cc1O. The first kappa shape index (κ1) is 11.1. The number of carbonyl (C=O) groups is 1. The Morgan fingerprint density at radius 1 is 1.57 bits per heavy atom. The molecule has 1 aromatic rings. The van der Waals surface area contributed by atoms with Crippen molar-refractivity contribution in [2.45, 2.75) is 6.43 Å². The van der Waals surface area contributed by atoms with Crippen LogP contribution in [0.5, 0.6) is 5.75 Å². The summed E-state index contributed by atoms with van der Waals surface area (Å²) in [5, 5.41) is 7.53. The topological polar surface area (TPSA) is 50.2 Å². The van der Waals surface area contributed by atoms with Crippen molar-refractivity contribution in [3.05, 3.63) is 22.5 Å². The third kappa shape index (κ3) is 2.10. The number of alkyl halides is 2. The number of hydrogen-bond acceptors (Lipinski definition) is 3. The number of aromatic hydroxyl groups is 1. The second-order valence-electron chi connectivity index (χ2n) is 2.30. The van der Waals surface area contributed by atoms with E-state index in [2.05, 4.69) is 4.98 Å². The summed E-state index contributed by atoms with van der Waals surface area (Å²) < 4.78 is 24.4. The molecule has 0 atom stereocenters. The largest absolute Gasteiger partial charge is 0.505 e. The zero-order valence-electron chi connectivity index (χ0n) is 6.47. The van der Waals surface area contributed by atoms with Crippen molar-refractivity contribution in [3.8, 4) is 5.75 Å². The maximum Gasteiger partial charge on any atom is 0.281 e. The molecule has 0 saturated heterocycles. The van der Waals surface area contributed by atoms with Gasteiger partial charge in [-0.2, -0.15) is 0 Å². The number of rotatable bonds is 2. The Morgan fingerprint density at radius 3 is 2.57 bits per heavy atom. The predicted octanol–water partition coefficient (Wildman–Crippen LogP) is 2.76. The Kier molecular flexibility index (Phi) is 3.23. The fourth-order valence-corrected chi connectivity index (χ4v) is 1.16. The molecule has 7 heteroatoms. The highest BCUT2D eigenvalue weighted by atomic mass is 35.5. The second kappa shape index (κ2) is 4.06. The number of hydrogen-bond donors (Lipinski definition) is 1. The summed E-state index contributed by atoms with van der Waals surface area (Å²) in [5.41, 5.74) is -1.42. The lowest BCUT2D eigenvalue weighted by Crippen LogP contribution is -2.00. The van der Waals surface area contributed by atoms with E-state index in [0.717, 1.165) is 6.07 Å². The summed E-state index contributed by atoms with van der Waals surface area (Å²) in [4.78, 5) is 13.8. The van der Waals surface area contributed by atoms with Crippen LogP contribution in [-0.2, 0) is 0 Å². The van der Waals surface area contributed by atoms with Gasteiger partial charge >= 0.3 is 0 Å². The van der Waals surface area contributed by atoms with Crippen molar-refractivity contribution in [1.29, 1.82) is 0 Å². The van der Waals surface area contributed by atoms with E-state index in [9.17, 15) is 13.6 Å². The van der Waals surface area contributed by atoms with Crippen LogP contribution in [0, 0.1) is 0 Å². The lowest BCUT2D eigenvalue weighted by molar-refractivity contribution is 0.107. The molecule has 76 valence electrons. The molecule has 1 N–H and O–H groups in total. The fourth-order valence-electron chi connectivity index (χ4n) is 0.791. The molecule has 0 aliphatic rings. The molecule has 0 radical (unpaired) electrons. The zero-order valence-corrected chi connectivity index (χ0v) is 7.98. The maximum atomic E-state index is 12.2.